The molecule has 1 aromatic carbocycles. The molecule has 3 heterocycles. The zero-order chi connectivity index (χ0) is 18.1. The van der Waals surface area contributed by atoms with Crippen molar-refractivity contribution < 1.29 is 14.4 Å². The summed E-state index contributed by atoms with van der Waals surface area (Å²) in [4.78, 5) is 41.6. The molecule has 0 aliphatic carbocycles. The number of likely N-dealkylation sites (tertiary alicyclic amines) is 1. The third-order valence-electron chi connectivity index (χ3n) is 5.21. The van der Waals surface area contributed by atoms with Crippen LogP contribution in [0.1, 0.15) is 38.4 Å². The van der Waals surface area contributed by atoms with Crippen LogP contribution in [-0.2, 0) is 11.2 Å². The Kier molecular flexibility index (Phi) is 4.59. The first-order chi connectivity index (χ1) is 12.6. The van der Waals surface area contributed by atoms with Crippen LogP contribution in [0.2, 0.25) is 0 Å². The first-order valence-corrected chi connectivity index (χ1v) is 9.77. The zero-order valence-corrected chi connectivity index (χ0v) is 15.2. The molecule has 0 radical (unpaired) electrons. The number of thiophene rings is 1. The molecule has 6 heteroatoms. The van der Waals surface area contributed by atoms with Crippen LogP contribution in [0.25, 0.3) is 0 Å². The SMILES string of the molecule is O=C(CN1C(=O)c2ccccc2C1=O)N1CCC(Cc2cccs2)CC1. The zero-order valence-electron chi connectivity index (χ0n) is 14.4. The maximum Gasteiger partial charge on any atom is 0.262 e. The molecular weight excluding hydrogens is 348 g/mol. The van der Waals surface area contributed by atoms with E-state index in [1.165, 1.54) is 4.88 Å². The second-order valence-electron chi connectivity index (χ2n) is 6.85. The summed E-state index contributed by atoms with van der Waals surface area (Å²) < 4.78 is 0. The van der Waals surface area contributed by atoms with Crippen LogP contribution in [0.4, 0.5) is 0 Å². The van der Waals surface area contributed by atoms with Gasteiger partial charge in [-0.05, 0) is 48.8 Å². The number of imide groups is 1. The Bertz CT molecular complexity index is 804. The van der Waals surface area contributed by atoms with Gasteiger partial charge in [0.1, 0.15) is 6.54 Å². The number of carbonyl (C=O) groups is 3. The second kappa shape index (κ2) is 7.03. The third-order valence-corrected chi connectivity index (χ3v) is 6.11. The van der Waals surface area contributed by atoms with Crippen molar-refractivity contribution in [2.24, 2.45) is 5.92 Å². The highest BCUT2D eigenvalue weighted by Gasteiger charge is 2.37. The minimum Gasteiger partial charge on any atom is -0.341 e. The van der Waals surface area contributed by atoms with Gasteiger partial charge in [-0.2, -0.15) is 0 Å². The number of amides is 3. The van der Waals surface area contributed by atoms with E-state index in [2.05, 4.69) is 17.5 Å². The van der Waals surface area contributed by atoms with Crippen molar-refractivity contribution in [3.05, 3.63) is 57.8 Å². The minimum absolute atomic E-state index is 0.144. The number of piperidine rings is 1. The normalized spacial score (nSPS) is 17.7. The highest BCUT2D eigenvalue weighted by molar-refractivity contribution is 7.09. The Morgan fingerprint density at radius 2 is 1.65 bits per heavy atom. The molecule has 0 N–H and O–H groups in total. The smallest absolute Gasteiger partial charge is 0.262 e. The van der Waals surface area contributed by atoms with Crippen LogP contribution in [0.15, 0.2) is 41.8 Å². The molecule has 5 nitrogen and oxygen atoms in total. The molecule has 3 amide bonds. The summed E-state index contributed by atoms with van der Waals surface area (Å²) in [6, 6.07) is 11.0. The molecule has 2 aliphatic heterocycles. The van der Waals surface area contributed by atoms with E-state index in [-0.39, 0.29) is 24.3 Å². The van der Waals surface area contributed by atoms with Gasteiger partial charge in [0, 0.05) is 18.0 Å². The summed E-state index contributed by atoms with van der Waals surface area (Å²) >= 11 is 1.78. The first kappa shape index (κ1) is 17.0. The lowest BCUT2D eigenvalue weighted by atomic mass is 9.93. The molecule has 0 atom stereocenters. The fourth-order valence-electron chi connectivity index (χ4n) is 3.72. The van der Waals surface area contributed by atoms with E-state index in [0.29, 0.717) is 30.1 Å². The van der Waals surface area contributed by atoms with Crippen LogP contribution in [0, 0.1) is 5.92 Å². The van der Waals surface area contributed by atoms with Crippen molar-refractivity contribution in [2.45, 2.75) is 19.3 Å². The first-order valence-electron chi connectivity index (χ1n) is 8.89. The van der Waals surface area contributed by atoms with Gasteiger partial charge in [-0.25, -0.2) is 0 Å². The standard InChI is InChI=1S/C20H20N2O3S/c23-18(13-22-19(24)16-5-1-2-6-17(16)20(22)25)21-9-7-14(8-10-21)12-15-4-3-11-26-15/h1-6,11,14H,7-10,12-13H2. The fraction of sp³-hybridized carbons (Fsp3) is 0.350. The lowest BCUT2D eigenvalue weighted by Gasteiger charge is -2.32. The number of carbonyl (C=O) groups excluding carboxylic acids is 3. The number of hydrogen-bond donors (Lipinski definition) is 0. The van der Waals surface area contributed by atoms with Crippen LogP contribution in [-0.4, -0.2) is 47.2 Å². The highest BCUT2D eigenvalue weighted by atomic mass is 32.1. The van der Waals surface area contributed by atoms with Crippen molar-refractivity contribution in [2.75, 3.05) is 19.6 Å². The maximum atomic E-state index is 12.6. The van der Waals surface area contributed by atoms with E-state index in [9.17, 15) is 14.4 Å². The maximum absolute atomic E-state index is 12.6. The monoisotopic (exact) mass is 368 g/mol. The molecule has 2 aromatic rings. The van der Waals surface area contributed by atoms with Gasteiger partial charge in [0.15, 0.2) is 0 Å². The van der Waals surface area contributed by atoms with E-state index < -0.39 is 0 Å². The molecule has 0 unspecified atom stereocenters. The van der Waals surface area contributed by atoms with E-state index in [4.69, 9.17) is 0 Å². The predicted molar refractivity (Wildman–Crippen MR) is 99.1 cm³/mol. The van der Waals surface area contributed by atoms with Gasteiger partial charge < -0.3 is 4.90 Å². The number of fused-ring (bicyclic) bond motifs is 1. The summed E-state index contributed by atoms with van der Waals surface area (Å²) in [6.45, 7) is 1.22. The van der Waals surface area contributed by atoms with Crippen molar-refractivity contribution in [3.63, 3.8) is 0 Å². The van der Waals surface area contributed by atoms with Crippen LogP contribution >= 0.6 is 11.3 Å². The van der Waals surface area contributed by atoms with E-state index >= 15 is 0 Å². The van der Waals surface area contributed by atoms with Crippen molar-refractivity contribution >= 4 is 29.1 Å². The molecule has 26 heavy (non-hydrogen) atoms. The van der Waals surface area contributed by atoms with Gasteiger partial charge in [-0.1, -0.05) is 18.2 Å². The van der Waals surface area contributed by atoms with E-state index in [1.807, 2.05) is 0 Å². The molecule has 4 rings (SSSR count). The predicted octanol–water partition coefficient (Wildman–Crippen LogP) is 2.83. The molecule has 1 fully saturated rings. The van der Waals surface area contributed by atoms with E-state index in [0.717, 1.165) is 24.2 Å². The van der Waals surface area contributed by atoms with Gasteiger partial charge in [0.25, 0.3) is 11.8 Å². The summed E-state index contributed by atoms with van der Waals surface area (Å²) in [7, 11) is 0. The number of hydrogen-bond acceptors (Lipinski definition) is 4. The molecule has 0 saturated carbocycles. The summed E-state index contributed by atoms with van der Waals surface area (Å²) in [5.74, 6) is -0.288. The average molecular weight is 368 g/mol. The highest BCUT2D eigenvalue weighted by Crippen LogP contribution is 2.25. The molecule has 1 saturated heterocycles. The number of rotatable bonds is 4. The van der Waals surface area contributed by atoms with Gasteiger partial charge in [0.2, 0.25) is 5.91 Å². The van der Waals surface area contributed by atoms with Crippen molar-refractivity contribution in [3.8, 4) is 0 Å². The van der Waals surface area contributed by atoms with Crippen LogP contribution in [0.5, 0.6) is 0 Å². The lowest BCUT2D eigenvalue weighted by molar-refractivity contribution is -0.132. The largest absolute Gasteiger partial charge is 0.341 e. The molecule has 2 aliphatic rings. The Morgan fingerprint density at radius 3 is 2.23 bits per heavy atom. The molecule has 134 valence electrons. The van der Waals surface area contributed by atoms with Gasteiger partial charge in [-0.15, -0.1) is 11.3 Å². The topological polar surface area (TPSA) is 57.7 Å². The molecular formula is C20H20N2O3S. The Labute approximate surface area is 156 Å². The Balaban J connectivity index is 1.34. The van der Waals surface area contributed by atoms with E-state index in [1.54, 1.807) is 40.5 Å². The summed E-state index contributed by atoms with van der Waals surface area (Å²) in [5.41, 5.74) is 0.778. The Morgan fingerprint density at radius 1 is 1.00 bits per heavy atom. The van der Waals surface area contributed by atoms with Gasteiger partial charge in [-0.3, -0.25) is 19.3 Å². The minimum atomic E-state index is -0.369. The average Bonchev–Trinajstić information content (AvgIpc) is 3.25. The van der Waals surface area contributed by atoms with Crippen molar-refractivity contribution in [1.29, 1.82) is 0 Å². The number of nitrogens with zero attached hydrogens (tertiary/aromatic N) is 2. The third kappa shape index (κ3) is 3.17. The van der Waals surface area contributed by atoms with Crippen LogP contribution in [0.3, 0.4) is 0 Å². The summed E-state index contributed by atoms with van der Waals surface area (Å²) in [6.07, 6.45) is 3.00. The van der Waals surface area contributed by atoms with Crippen LogP contribution < -0.4 is 0 Å². The summed E-state index contributed by atoms with van der Waals surface area (Å²) in [5, 5.41) is 2.09. The van der Waals surface area contributed by atoms with Gasteiger partial charge in [0.05, 0.1) is 11.1 Å². The fourth-order valence-corrected chi connectivity index (χ4v) is 4.54. The quantitative estimate of drug-likeness (QED) is 0.780. The molecule has 1 aromatic heterocycles. The second-order valence-corrected chi connectivity index (χ2v) is 7.88. The number of benzene rings is 1. The lowest BCUT2D eigenvalue weighted by Crippen LogP contribution is -2.45. The van der Waals surface area contributed by atoms with Gasteiger partial charge >= 0.3 is 0 Å². The Hall–Kier alpha value is -2.47. The molecule has 0 bridgehead atoms. The van der Waals surface area contributed by atoms with Crippen molar-refractivity contribution in [1.82, 2.24) is 9.80 Å². The molecule has 0 spiro atoms.